The fourth-order valence-electron chi connectivity index (χ4n) is 1.14. The summed E-state index contributed by atoms with van der Waals surface area (Å²) in [7, 11) is 0. The van der Waals surface area contributed by atoms with Gasteiger partial charge in [-0.05, 0) is 31.5 Å². The van der Waals surface area contributed by atoms with Gasteiger partial charge in [-0.15, -0.1) is 0 Å². The number of hydrogen-bond acceptors (Lipinski definition) is 3. The normalized spacial score (nSPS) is 9.73. The number of rotatable bonds is 5. The van der Waals surface area contributed by atoms with Gasteiger partial charge in [0.15, 0.2) is 18.1 Å². The van der Waals surface area contributed by atoms with Gasteiger partial charge in [-0.2, -0.15) is 0 Å². The van der Waals surface area contributed by atoms with E-state index in [-0.39, 0.29) is 6.61 Å². The van der Waals surface area contributed by atoms with E-state index in [0.717, 1.165) is 5.56 Å². The van der Waals surface area contributed by atoms with E-state index in [2.05, 4.69) is 0 Å². The Bertz CT molecular complexity index is 346. The van der Waals surface area contributed by atoms with E-state index in [4.69, 9.17) is 14.6 Å². The van der Waals surface area contributed by atoms with E-state index in [1.807, 2.05) is 19.9 Å². The van der Waals surface area contributed by atoms with Crippen molar-refractivity contribution in [1.82, 2.24) is 0 Å². The van der Waals surface area contributed by atoms with Gasteiger partial charge in [0.05, 0.1) is 6.61 Å². The Kier molecular flexibility index (Phi) is 3.97. The molecule has 1 aromatic carbocycles. The van der Waals surface area contributed by atoms with Crippen molar-refractivity contribution in [1.29, 1.82) is 0 Å². The summed E-state index contributed by atoms with van der Waals surface area (Å²) < 4.78 is 10.4. The molecular formula is C11H14O4. The summed E-state index contributed by atoms with van der Waals surface area (Å²) in [6.07, 6.45) is 0. The number of carbonyl (C=O) groups is 1. The highest BCUT2D eigenvalue weighted by molar-refractivity contribution is 5.68. The molecule has 4 nitrogen and oxygen atoms in total. The Morgan fingerprint density at radius 1 is 1.33 bits per heavy atom. The van der Waals surface area contributed by atoms with Gasteiger partial charge < -0.3 is 14.6 Å². The summed E-state index contributed by atoms with van der Waals surface area (Å²) in [5.74, 6) is 0.0440. The van der Waals surface area contributed by atoms with Gasteiger partial charge in [0.2, 0.25) is 0 Å². The van der Waals surface area contributed by atoms with Crippen LogP contribution in [-0.2, 0) is 4.79 Å². The zero-order valence-electron chi connectivity index (χ0n) is 8.82. The van der Waals surface area contributed by atoms with Crippen LogP contribution in [-0.4, -0.2) is 24.3 Å². The molecule has 82 valence electrons. The highest BCUT2D eigenvalue weighted by Crippen LogP contribution is 2.28. The molecule has 0 aromatic heterocycles. The van der Waals surface area contributed by atoms with Crippen LogP contribution < -0.4 is 9.47 Å². The summed E-state index contributed by atoms with van der Waals surface area (Å²) in [4.78, 5) is 10.4. The van der Waals surface area contributed by atoms with E-state index in [9.17, 15) is 4.79 Å². The first-order valence-electron chi connectivity index (χ1n) is 4.71. The predicted octanol–water partition coefficient (Wildman–Crippen LogP) is 1.86. The number of carboxylic acid groups (broad SMARTS) is 1. The SMILES string of the molecule is CCOc1ccc(C)cc1OCC(=O)O. The molecule has 1 aromatic rings. The second-order valence-electron chi connectivity index (χ2n) is 3.07. The predicted molar refractivity (Wildman–Crippen MR) is 55.5 cm³/mol. The van der Waals surface area contributed by atoms with E-state index in [0.29, 0.717) is 18.1 Å². The first-order valence-corrected chi connectivity index (χ1v) is 4.71. The number of aryl methyl sites for hydroxylation is 1. The molecule has 0 atom stereocenters. The topological polar surface area (TPSA) is 55.8 Å². The summed E-state index contributed by atoms with van der Waals surface area (Å²) >= 11 is 0. The smallest absolute Gasteiger partial charge is 0.341 e. The molecule has 0 fully saturated rings. The van der Waals surface area contributed by atoms with Crippen molar-refractivity contribution in [3.05, 3.63) is 23.8 Å². The van der Waals surface area contributed by atoms with Gasteiger partial charge in [0.25, 0.3) is 0 Å². The molecule has 0 amide bonds. The van der Waals surface area contributed by atoms with E-state index in [1.54, 1.807) is 12.1 Å². The lowest BCUT2D eigenvalue weighted by molar-refractivity contribution is -0.139. The summed E-state index contributed by atoms with van der Waals surface area (Å²) in [6, 6.07) is 5.42. The first-order chi connectivity index (χ1) is 7.13. The van der Waals surface area contributed by atoms with Crippen LogP contribution in [0.1, 0.15) is 12.5 Å². The third-order valence-electron chi connectivity index (χ3n) is 1.75. The molecule has 4 heteroatoms. The van der Waals surface area contributed by atoms with Gasteiger partial charge in [-0.25, -0.2) is 4.79 Å². The van der Waals surface area contributed by atoms with Crippen molar-refractivity contribution in [2.75, 3.05) is 13.2 Å². The highest BCUT2D eigenvalue weighted by atomic mass is 16.5. The Morgan fingerprint density at radius 2 is 2.07 bits per heavy atom. The van der Waals surface area contributed by atoms with Crippen LogP contribution in [0, 0.1) is 6.92 Å². The Morgan fingerprint density at radius 3 is 2.67 bits per heavy atom. The maximum atomic E-state index is 10.4. The van der Waals surface area contributed by atoms with Gasteiger partial charge in [-0.1, -0.05) is 6.07 Å². The van der Waals surface area contributed by atoms with Crippen molar-refractivity contribution in [2.45, 2.75) is 13.8 Å². The molecular weight excluding hydrogens is 196 g/mol. The molecule has 0 spiro atoms. The molecule has 0 aliphatic heterocycles. The van der Waals surface area contributed by atoms with Crippen LogP contribution in [0.15, 0.2) is 18.2 Å². The minimum atomic E-state index is -1.00. The summed E-state index contributed by atoms with van der Waals surface area (Å²) in [5, 5.41) is 8.50. The molecule has 15 heavy (non-hydrogen) atoms. The second-order valence-corrected chi connectivity index (χ2v) is 3.07. The monoisotopic (exact) mass is 210 g/mol. The lowest BCUT2D eigenvalue weighted by atomic mass is 10.2. The third-order valence-corrected chi connectivity index (χ3v) is 1.75. The van der Waals surface area contributed by atoms with Gasteiger partial charge in [0.1, 0.15) is 0 Å². The van der Waals surface area contributed by atoms with Gasteiger partial charge in [-0.3, -0.25) is 0 Å². The zero-order chi connectivity index (χ0) is 11.3. The largest absolute Gasteiger partial charge is 0.490 e. The quantitative estimate of drug-likeness (QED) is 0.805. The average Bonchev–Trinajstić information content (AvgIpc) is 2.18. The number of aliphatic carboxylic acids is 1. The van der Waals surface area contributed by atoms with Crippen LogP contribution in [0.5, 0.6) is 11.5 Å². The van der Waals surface area contributed by atoms with Crippen molar-refractivity contribution in [3.63, 3.8) is 0 Å². The molecule has 0 saturated carbocycles. The first kappa shape index (κ1) is 11.4. The van der Waals surface area contributed by atoms with Crippen molar-refractivity contribution < 1.29 is 19.4 Å². The number of benzene rings is 1. The standard InChI is InChI=1S/C11H14O4/c1-3-14-9-5-4-8(2)6-10(9)15-7-11(12)13/h4-6H,3,7H2,1-2H3,(H,12,13). The molecule has 0 aliphatic rings. The number of ether oxygens (including phenoxy) is 2. The van der Waals surface area contributed by atoms with E-state index in [1.165, 1.54) is 0 Å². The van der Waals surface area contributed by atoms with Crippen molar-refractivity contribution in [3.8, 4) is 11.5 Å². The molecule has 0 radical (unpaired) electrons. The van der Waals surface area contributed by atoms with Crippen molar-refractivity contribution in [2.24, 2.45) is 0 Å². The van der Waals surface area contributed by atoms with Crippen molar-refractivity contribution >= 4 is 5.97 Å². The fourth-order valence-corrected chi connectivity index (χ4v) is 1.14. The van der Waals surface area contributed by atoms with Gasteiger partial charge >= 0.3 is 5.97 Å². The molecule has 0 unspecified atom stereocenters. The van der Waals surface area contributed by atoms with Crippen LogP contribution >= 0.6 is 0 Å². The third kappa shape index (κ3) is 3.50. The Hall–Kier alpha value is -1.71. The van der Waals surface area contributed by atoms with E-state index < -0.39 is 5.97 Å². The average molecular weight is 210 g/mol. The highest BCUT2D eigenvalue weighted by Gasteiger charge is 2.06. The Balaban J connectivity index is 2.81. The van der Waals surface area contributed by atoms with Crippen LogP contribution in [0.4, 0.5) is 0 Å². The fraction of sp³-hybridized carbons (Fsp3) is 0.364. The molecule has 0 bridgehead atoms. The van der Waals surface area contributed by atoms with Crippen LogP contribution in [0.25, 0.3) is 0 Å². The lowest BCUT2D eigenvalue weighted by Gasteiger charge is -2.10. The summed E-state index contributed by atoms with van der Waals surface area (Å²) in [6.45, 7) is 3.93. The lowest BCUT2D eigenvalue weighted by Crippen LogP contribution is -2.10. The molecule has 0 heterocycles. The van der Waals surface area contributed by atoms with E-state index >= 15 is 0 Å². The minimum Gasteiger partial charge on any atom is -0.490 e. The van der Waals surface area contributed by atoms with Gasteiger partial charge in [0, 0.05) is 0 Å². The molecule has 1 N–H and O–H groups in total. The zero-order valence-corrected chi connectivity index (χ0v) is 8.82. The Labute approximate surface area is 88.4 Å². The molecule has 0 saturated heterocycles. The molecule has 1 rings (SSSR count). The van der Waals surface area contributed by atoms with Crippen LogP contribution in [0.2, 0.25) is 0 Å². The minimum absolute atomic E-state index is 0.358. The van der Waals surface area contributed by atoms with Crippen LogP contribution in [0.3, 0.4) is 0 Å². The second kappa shape index (κ2) is 5.24. The maximum Gasteiger partial charge on any atom is 0.341 e. The number of hydrogen-bond donors (Lipinski definition) is 1. The number of carboxylic acids is 1. The summed E-state index contributed by atoms with van der Waals surface area (Å²) in [5.41, 5.74) is 0.999. The molecule has 0 aliphatic carbocycles. The maximum absolute atomic E-state index is 10.4.